The highest BCUT2D eigenvalue weighted by molar-refractivity contribution is 6.35. The lowest BCUT2D eigenvalue weighted by Gasteiger charge is -2.05. The fourth-order valence-corrected chi connectivity index (χ4v) is 3.11. The molecule has 0 aliphatic heterocycles. The fraction of sp³-hybridized carbons (Fsp3) is 0.312. The molecule has 6 heteroatoms. The quantitative estimate of drug-likeness (QED) is 0.874. The van der Waals surface area contributed by atoms with Gasteiger partial charge in [-0.1, -0.05) is 29.3 Å². The topological polar surface area (TPSA) is 62.5 Å². The molecule has 0 bridgehead atoms. The summed E-state index contributed by atoms with van der Waals surface area (Å²) in [5, 5.41) is 13.1. The third-order valence-electron chi connectivity index (χ3n) is 3.88. The van der Waals surface area contributed by atoms with Gasteiger partial charge in [-0.25, -0.2) is 0 Å². The van der Waals surface area contributed by atoms with Crippen LogP contribution in [-0.4, -0.2) is 17.6 Å². The number of benzene rings is 1. The number of carbonyl (C=O) groups excluding carboxylic acids is 1. The molecule has 4 nitrogen and oxygen atoms in total. The molecule has 1 aliphatic carbocycles. The smallest absolute Gasteiger partial charge is 0.254 e. The Hall–Kier alpha value is -1.49. The lowest BCUT2D eigenvalue weighted by atomic mass is 10.1. The average Bonchev–Trinajstić information content (AvgIpc) is 3.09. The molecule has 1 amide bonds. The lowest BCUT2D eigenvalue weighted by Crippen LogP contribution is -2.25. The van der Waals surface area contributed by atoms with Gasteiger partial charge in [0.25, 0.3) is 5.91 Å². The largest absolute Gasteiger partial charge is 0.466 e. The number of furan rings is 1. The van der Waals surface area contributed by atoms with Crippen molar-refractivity contribution in [2.75, 3.05) is 6.54 Å². The number of aliphatic hydroxyl groups excluding tert-OH is 1. The van der Waals surface area contributed by atoms with E-state index in [9.17, 15) is 4.79 Å². The Kier molecular flexibility index (Phi) is 4.43. The van der Waals surface area contributed by atoms with E-state index in [0.29, 0.717) is 39.7 Å². The molecular weight excluding hydrogens is 325 g/mol. The molecule has 0 radical (unpaired) electrons. The van der Waals surface area contributed by atoms with Gasteiger partial charge in [-0.05, 0) is 42.0 Å². The maximum absolute atomic E-state index is 12.0. The van der Waals surface area contributed by atoms with Crippen LogP contribution in [0.15, 0.2) is 34.9 Å². The Morgan fingerprint density at radius 1 is 1.36 bits per heavy atom. The zero-order valence-corrected chi connectivity index (χ0v) is 13.2. The van der Waals surface area contributed by atoms with Gasteiger partial charge in [0.1, 0.15) is 18.6 Å². The van der Waals surface area contributed by atoms with E-state index in [-0.39, 0.29) is 12.5 Å². The molecule has 1 aromatic heterocycles. The highest BCUT2D eigenvalue weighted by atomic mass is 35.5. The van der Waals surface area contributed by atoms with E-state index in [1.807, 2.05) is 12.1 Å². The molecule has 3 rings (SSSR count). The predicted molar refractivity (Wildman–Crippen MR) is 84.3 cm³/mol. The van der Waals surface area contributed by atoms with Crippen LogP contribution in [0.1, 0.15) is 34.0 Å². The fourth-order valence-electron chi connectivity index (χ4n) is 2.56. The minimum atomic E-state index is -0.215. The van der Waals surface area contributed by atoms with Crippen molar-refractivity contribution < 1.29 is 14.3 Å². The first-order valence-corrected chi connectivity index (χ1v) is 7.75. The van der Waals surface area contributed by atoms with Gasteiger partial charge in [0.05, 0.1) is 5.56 Å². The number of nitrogens with one attached hydrogen (secondary N) is 1. The van der Waals surface area contributed by atoms with Crippen LogP contribution in [0.2, 0.25) is 10.0 Å². The van der Waals surface area contributed by atoms with Crippen molar-refractivity contribution in [2.45, 2.75) is 18.9 Å². The van der Waals surface area contributed by atoms with Crippen molar-refractivity contribution in [1.82, 2.24) is 5.32 Å². The van der Waals surface area contributed by atoms with Crippen molar-refractivity contribution in [1.29, 1.82) is 0 Å². The standard InChI is InChI=1S/C16H15Cl2NO3/c17-11-1-2-13(15(18)5-11)14-4-9(14)6-19-16(21)10-3-12(7-20)22-8-10/h1-3,5,8-9,14,20H,4,6-7H2,(H,19,21)/t9-,14+/m0/s1. The first-order valence-electron chi connectivity index (χ1n) is 7.00. The van der Waals surface area contributed by atoms with Crippen molar-refractivity contribution in [3.05, 3.63) is 57.5 Å². The van der Waals surface area contributed by atoms with Crippen LogP contribution >= 0.6 is 23.2 Å². The highest BCUT2D eigenvalue weighted by Crippen LogP contribution is 2.49. The Morgan fingerprint density at radius 2 is 2.18 bits per heavy atom. The summed E-state index contributed by atoms with van der Waals surface area (Å²) >= 11 is 12.1. The van der Waals surface area contributed by atoms with E-state index in [1.54, 1.807) is 6.07 Å². The molecule has 2 atom stereocenters. The summed E-state index contributed by atoms with van der Waals surface area (Å²) in [5.41, 5.74) is 1.50. The minimum Gasteiger partial charge on any atom is -0.466 e. The molecule has 1 fully saturated rings. The van der Waals surface area contributed by atoms with E-state index < -0.39 is 0 Å². The summed E-state index contributed by atoms with van der Waals surface area (Å²) in [6.45, 7) is 0.370. The third-order valence-corrected chi connectivity index (χ3v) is 4.44. The second-order valence-corrected chi connectivity index (χ2v) is 6.28. The van der Waals surface area contributed by atoms with Crippen LogP contribution in [0.3, 0.4) is 0 Å². The van der Waals surface area contributed by atoms with Gasteiger partial charge in [0, 0.05) is 16.6 Å². The number of rotatable bonds is 5. The predicted octanol–water partition coefficient (Wildman–Crippen LogP) is 3.61. The molecule has 22 heavy (non-hydrogen) atoms. The van der Waals surface area contributed by atoms with Gasteiger partial charge >= 0.3 is 0 Å². The van der Waals surface area contributed by atoms with Crippen LogP contribution in [0, 0.1) is 5.92 Å². The van der Waals surface area contributed by atoms with Crippen LogP contribution in [-0.2, 0) is 6.61 Å². The van der Waals surface area contributed by atoms with Gasteiger partial charge < -0.3 is 14.8 Å². The van der Waals surface area contributed by atoms with Gasteiger partial charge in [-0.3, -0.25) is 4.79 Å². The maximum Gasteiger partial charge on any atom is 0.254 e. The molecule has 116 valence electrons. The summed E-state index contributed by atoms with van der Waals surface area (Å²) in [5.74, 6) is 0.924. The van der Waals surface area contributed by atoms with Crippen molar-refractivity contribution in [2.24, 2.45) is 5.92 Å². The minimum absolute atomic E-state index is 0.198. The summed E-state index contributed by atoms with van der Waals surface area (Å²) in [6.07, 6.45) is 2.34. The van der Waals surface area contributed by atoms with E-state index in [4.69, 9.17) is 32.7 Å². The van der Waals surface area contributed by atoms with Crippen molar-refractivity contribution >= 4 is 29.1 Å². The van der Waals surface area contributed by atoms with Crippen LogP contribution in [0.4, 0.5) is 0 Å². The lowest BCUT2D eigenvalue weighted by molar-refractivity contribution is 0.0951. The highest BCUT2D eigenvalue weighted by Gasteiger charge is 2.39. The van der Waals surface area contributed by atoms with Gasteiger partial charge in [-0.2, -0.15) is 0 Å². The second-order valence-electron chi connectivity index (χ2n) is 5.44. The Balaban J connectivity index is 1.54. The first kappa shape index (κ1) is 15.4. The maximum atomic E-state index is 12.0. The zero-order chi connectivity index (χ0) is 15.7. The van der Waals surface area contributed by atoms with Crippen LogP contribution in [0.5, 0.6) is 0 Å². The Labute approximate surface area is 138 Å². The van der Waals surface area contributed by atoms with Crippen LogP contribution in [0.25, 0.3) is 0 Å². The van der Waals surface area contributed by atoms with Gasteiger partial charge in [0.15, 0.2) is 0 Å². The summed E-state index contributed by atoms with van der Waals surface area (Å²) in [6, 6.07) is 7.06. The molecule has 1 heterocycles. The number of hydrogen-bond acceptors (Lipinski definition) is 3. The molecule has 1 aliphatic rings. The summed E-state index contributed by atoms with van der Waals surface area (Å²) < 4.78 is 5.03. The van der Waals surface area contributed by atoms with Crippen molar-refractivity contribution in [3.8, 4) is 0 Å². The van der Waals surface area contributed by atoms with E-state index in [0.717, 1.165) is 12.0 Å². The van der Waals surface area contributed by atoms with E-state index >= 15 is 0 Å². The molecule has 2 aromatic rings. The van der Waals surface area contributed by atoms with Crippen LogP contribution < -0.4 is 5.32 Å². The van der Waals surface area contributed by atoms with Gasteiger partial charge in [0.2, 0.25) is 0 Å². The normalized spacial score (nSPS) is 20.0. The molecule has 1 saturated carbocycles. The summed E-state index contributed by atoms with van der Waals surface area (Å²) in [4.78, 5) is 12.0. The molecule has 0 saturated heterocycles. The SMILES string of the molecule is O=C(NC[C@@H]1C[C@H]1c1ccc(Cl)cc1Cl)c1coc(CO)c1. The third kappa shape index (κ3) is 3.29. The van der Waals surface area contributed by atoms with E-state index in [2.05, 4.69) is 5.32 Å². The summed E-state index contributed by atoms with van der Waals surface area (Å²) in [7, 11) is 0. The molecule has 0 spiro atoms. The number of hydrogen-bond donors (Lipinski definition) is 2. The van der Waals surface area contributed by atoms with Crippen molar-refractivity contribution in [3.63, 3.8) is 0 Å². The number of halogens is 2. The number of aliphatic hydroxyl groups is 1. The molecule has 0 unspecified atom stereocenters. The average molecular weight is 340 g/mol. The van der Waals surface area contributed by atoms with Gasteiger partial charge in [-0.15, -0.1) is 0 Å². The molecular formula is C16H15Cl2NO3. The van der Waals surface area contributed by atoms with E-state index in [1.165, 1.54) is 12.3 Å². The number of carbonyl (C=O) groups is 1. The molecule has 2 N–H and O–H groups in total. The molecule has 1 aromatic carbocycles. The Bertz CT molecular complexity index is 698. The number of amides is 1. The second kappa shape index (κ2) is 6.32. The Morgan fingerprint density at radius 3 is 2.86 bits per heavy atom. The monoisotopic (exact) mass is 339 g/mol. The zero-order valence-electron chi connectivity index (χ0n) is 11.7. The first-order chi connectivity index (χ1) is 10.6.